The Hall–Kier alpha value is -1.01. The number of aliphatic hydroxyl groups is 8. The van der Waals surface area contributed by atoms with Crippen molar-refractivity contribution >= 4 is 5.91 Å². The molecule has 2 heterocycles. The van der Waals surface area contributed by atoms with E-state index in [1.165, 1.54) is 199 Å². The smallest absolute Gasteiger partial charge is 0.220 e. The predicted molar refractivity (Wildman–Crippen MR) is 291 cm³/mol. The summed E-state index contributed by atoms with van der Waals surface area (Å²) < 4.78 is 22.8. The van der Waals surface area contributed by atoms with E-state index in [2.05, 4.69) is 19.2 Å². The van der Waals surface area contributed by atoms with E-state index in [0.717, 1.165) is 51.4 Å². The second kappa shape index (κ2) is 46.0. The largest absolute Gasteiger partial charge is 0.394 e. The van der Waals surface area contributed by atoms with Gasteiger partial charge >= 0.3 is 0 Å². The van der Waals surface area contributed by atoms with Crippen molar-refractivity contribution in [3.63, 3.8) is 0 Å². The molecule has 0 bridgehead atoms. The van der Waals surface area contributed by atoms with Crippen molar-refractivity contribution in [1.82, 2.24) is 5.32 Å². The molecule has 1 amide bonds. The molecule has 12 atom stereocenters. The number of ether oxygens (including phenoxy) is 4. The van der Waals surface area contributed by atoms with Gasteiger partial charge in [0.05, 0.1) is 32.0 Å². The quantitative estimate of drug-likeness (QED) is 0.0259. The zero-order valence-electron chi connectivity index (χ0n) is 46.7. The van der Waals surface area contributed by atoms with Gasteiger partial charge in [-0.3, -0.25) is 4.79 Å². The number of unbranched alkanes of at least 4 members (excludes halogenated alkanes) is 37. The third kappa shape index (κ3) is 31.9. The van der Waals surface area contributed by atoms with Gasteiger partial charge in [-0.1, -0.05) is 258 Å². The predicted octanol–water partition coefficient (Wildman–Crippen LogP) is 10.5. The van der Waals surface area contributed by atoms with Crippen LogP contribution >= 0.6 is 0 Å². The van der Waals surface area contributed by atoms with E-state index in [0.29, 0.717) is 12.8 Å². The minimum Gasteiger partial charge on any atom is -0.394 e. The summed E-state index contributed by atoms with van der Waals surface area (Å²) in [5, 5.41) is 87.3. The fourth-order valence-electron chi connectivity index (χ4n) is 10.6. The number of carbonyl (C=O) groups excluding carboxylic acids is 1. The molecule has 0 radical (unpaired) electrons. The van der Waals surface area contributed by atoms with Crippen molar-refractivity contribution in [3.05, 3.63) is 0 Å². The Kier molecular flexibility index (Phi) is 42.9. The van der Waals surface area contributed by atoms with Gasteiger partial charge in [-0.15, -0.1) is 0 Å². The van der Waals surface area contributed by atoms with Crippen molar-refractivity contribution in [2.45, 2.75) is 351 Å². The molecule has 73 heavy (non-hydrogen) atoms. The molecule has 0 aromatic rings. The number of rotatable bonds is 50. The molecule has 0 aromatic heterocycles. The summed E-state index contributed by atoms with van der Waals surface area (Å²) >= 11 is 0. The summed E-state index contributed by atoms with van der Waals surface area (Å²) in [7, 11) is 0. The Morgan fingerprint density at radius 3 is 1.16 bits per heavy atom. The first-order valence-corrected chi connectivity index (χ1v) is 30.8. The van der Waals surface area contributed by atoms with Crippen molar-refractivity contribution in [2.75, 3.05) is 19.8 Å². The first-order valence-electron chi connectivity index (χ1n) is 30.8. The first-order chi connectivity index (χ1) is 35.6. The van der Waals surface area contributed by atoms with Crippen LogP contribution in [-0.4, -0.2) is 140 Å². The Balaban J connectivity index is 1.71. The molecule has 12 unspecified atom stereocenters. The van der Waals surface area contributed by atoms with Crippen LogP contribution in [0.15, 0.2) is 0 Å². The summed E-state index contributed by atoms with van der Waals surface area (Å²) in [4.78, 5) is 13.2. The van der Waals surface area contributed by atoms with Gasteiger partial charge in [-0.05, 0) is 12.8 Å². The van der Waals surface area contributed by atoms with Crippen LogP contribution in [0.5, 0.6) is 0 Å². The average molecular weight is 1050 g/mol. The molecule has 14 nitrogen and oxygen atoms in total. The zero-order valence-corrected chi connectivity index (χ0v) is 46.7. The third-order valence-corrected chi connectivity index (χ3v) is 15.6. The van der Waals surface area contributed by atoms with Gasteiger partial charge in [0, 0.05) is 6.42 Å². The summed E-state index contributed by atoms with van der Waals surface area (Å²) in [6, 6.07) is -0.822. The number of carbonyl (C=O) groups is 1. The average Bonchev–Trinajstić information content (AvgIpc) is 3.39. The molecule has 0 aromatic carbocycles. The van der Waals surface area contributed by atoms with Crippen LogP contribution in [0.1, 0.15) is 277 Å². The van der Waals surface area contributed by atoms with E-state index in [4.69, 9.17) is 18.9 Å². The molecular formula is C59H115NO13. The molecule has 0 spiro atoms. The van der Waals surface area contributed by atoms with Gasteiger partial charge in [0.1, 0.15) is 48.8 Å². The number of hydrogen-bond donors (Lipinski definition) is 9. The minimum atomic E-state index is -1.78. The second-order valence-electron chi connectivity index (χ2n) is 22.2. The van der Waals surface area contributed by atoms with Gasteiger partial charge in [0.25, 0.3) is 0 Å². The first kappa shape index (κ1) is 68.1. The van der Waals surface area contributed by atoms with Crippen LogP contribution < -0.4 is 5.32 Å². The number of aliphatic hydroxyl groups excluding tert-OH is 8. The Bertz CT molecular complexity index is 1230. The van der Waals surface area contributed by atoms with Gasteiger partial charge in [-0.2, -0.15) is 0 Å². The maximum absolute atomic E-state index is 13.2. The summed E-state index contributed by atoms with van der Waals surface area (Å²) in [5.74, 6) is -0.201. The molecule has 2 saturated heterocycles. The number of hydrogen-bond acceptors (Lipinski definition) is 13. The highest BCUT2D eigenvalue weighted by atomic mass is 16.7. The van der Waals surface area contributed by atoms with Crippen molar-refractivity contribution in [3.8, 4) is 0 Å². The lowest BCUT2D eigenvalue weighted by molar-refractivity contribution is -0.359. The monoisotopic (exact) mass is 1050 g/mol. The molecule has 2 aliphatic heterocycles. The van der Waals surface area contributed by atoms with Crippen molar-refractivity contribution < 1.29 is 64.6 Å². The molecule has 2 fully saturated rings. The lowest BCUT2D eigenvalue weighted by Gasteiger charge is -2.46. The third-order valence-electron chi connectivity index (χ3n) is 15.6. The van der Waals surface area contributed by atoms with Crippen LogP contribution in [-0.2, 0) is 23.7 Å². The van der Waals surface area contributed by atoms with Crippen LogP contribution in [0.3, 0.4) is 0 Å². The van der Waals surface area contributed by atoms with E-state index < -0.39 is 86.8 Å². The molecule has 2 aliphatic rings. The number of nitrogens with one attached hydrogen (secondary N) is 1. The SMILES string of the molecule is CCCCCCCCCCCCCCCCCCCCCCCCCCCC(O)C(COC1OC(CO)C(OC2OC(CO)C(O)C(O)C2O)C(O)C1O)NC(=O)CCCCCCCCCCCCCCCC. The Morgan fingerprint density at radius 1 is 0.438 bits per heavy atom. The fraction of sp³-hybridized carbons (Fsp3) is 0.983. The topological polar surface area (TPSA) is 228 Å². The summed E-state index contributed by atoms with van der Waals surface area (Å²) in [6.07, 6.45) is 33.9. The zero-order chi connectivity index (χ0) is 53.2. The summed E-state index contributed by atoms with van der Waals surface area (Å²) in [5.41, 5.74) is 0. The van der Waals surface area contributed by atoms with Crippen molar-refractivity contribution in [1.29, 1.82) is 0 Å². The highest BCUT2D eigenvalue weighted by Gasteiger charge is 2.51. The fourth-order valence-corrected chi connectivity index (χ4v) is 10.6. The van der Waals surface area contributed by atoms with E-state index in [-0.39, 0.29) is 12.5 Å². The summed E-state index contributed by atoms with van der Waals surface area (Å²) in [6.45, 7) is 2.90. The highest BCUT2D eigenvalue weighted by molar-refractivity contribution is 5.76. The number of amides is 1. The van der Waals surface area contributed by atoms with E-state index in [1.54, 1.807) is 0 Å². The second-order valence-corrected chi connectivity index (χ2v) is 22.2. The lowest BCUT2D eigenvalue weighted by Crippen LogP contribution is -2.65. The maximum atomic E-state index is 13.2. The molecule has 0 aliphatic carbocycles. The minimum absolute atomic E-state index is 0.201. The molecule has 0 saturated carbocycles. The molecule has 2 rings (SSSR count). The normalized spacial score (nSPS) is 25.3. The van der Waals surface area contributed by atoms with Gasteiger partial charge in [0.15, 0.2) is 12.6 Å². The van der Waals surface area contributed by atoms with Gasteiger partial charge in [0.2, 0.25) is 5.91 Å². The Labute approximate surface area is 444 Å². The standard InChI is InChI=1S/C59H115NO13/c1-3-5-7-9-11-13-15-17-19-20-21-22-23-24-25-26-27-28-29-30-32-34-36-38-40-42-48(63)47(60-51(64)43-41-39-37-35-33-31-18-16-14-12-10-8-6-4-2)46-70-58-56(69)54(67)57(50(45-62)72-58)73-59-55(68)53(66)52(65)49(44-61)71-59/h47-50,52-59,61-63,65-69H,3-46H2,1-2H3,(H,60,64). The molecule has 9 N–H and O–H groups in total. The highest BCUT2D eigenvalue weighted by Crippen LogP contribution is 2.30. The maximum Gasteiger partial charge on any atom is 0.220 e. The van der Waals surface area contributed by atoms with Crippen LogP contribution in [0.25, 0.3) is 0 Å². The van der Waals surface area contributed by atoms with Crippen molar-refractivity contribution in [2.24, 2.45) is 0 Å². The van der Waals surface area contributed by atoms with Gasteiger partial charge in [-0.25, -0.2) is 0 Å². The molecule has 14 heteroatoms. The Morgan fingerprint density at radius 2 is 0.781 bits per heavy atom. The van der Waals surface area contributed by atoms with E-state index >= 15 is 0 Å². The van der Waals surface area contributed by atoms with E-state index in [1.807, 2.05) is 0 Å². The molecular weight excluding hydrogens is 931 g/mol. The lowest BCUT2D eigenvalue weighted by atomic mass is 9.97. The van der Waals surface area contributed by atoms with Gasteiger partial charge < -0.3 is 65.1 Å². The van der Waals surface area contributed by atoms with Crippen LogP contribution in [0.4, 0.5) is 0 Å². The van der Waals surface area contributed by atoms with Crippen LogP contribution in [0.2, 0.25) is 0 Å². The molecule has 434 valence electrons. The van der Waals surface area contributed by atoms with Crippen LogP contribution in [0, 0.1) is 0 Å². The van der Waals surface area contributed by atoms with E-state index in [9.17, 15) is 45.6 Å².